The fourth-order valence-corrected chi connectivity index (χ4v) is 1.44. The fourth-order valence-electron chi connectivity index (χ4n) is 1.27. The molecule has 0 atom stereocenters. The average Bonchev–Trinajstić information content (AvgIpc) is 2.34. The summed E-state index contributed by atoms with van der Waals surface area (Å²) in [5.74, 6) is -1.10. The molecule has 3 N–H and O–H groups in total. The number of hydrogen-bond donors (Lipinski definition) is 2. The second-order valence-corrected chi connectivity index (χ2v) is 3.84. The van der Waals surface area contributed by atoms with Gasteiger partial charge < -0.3 is 11.1 Å². The molecule has 0 fully saturated rings. The lowest BCUT2D eigenvalue weighted by atomic mass is 10.3. The fraction of sp³-hybridized carbons (Fsp3) is 0. The highest BCUT2D eigenvalue weighted by Gasteiger charge is 2.11. The third kappa shape index (κ3) is 2.72. The highest BCUT2D eigenvalue weighted by molar-refractivity contribution is 6.31. The van der Waals surface area contributed by atoms with Gasteiger partial charge in [-0.1, -0.05) is 11.6 Å². The van der Waals surface area contributed by atoms with Gasteiger partial charge in [0.1, 0.15) is 17.3 Å². The number of anilines is 2. The van der Waals surface area contributed by atoms with Gasteiger partial charge in [-0.25, -0.2) is 9.37 Å². The molecule has 1 amide bonds. The lowest BCUT2D eigenvalue weighted by molar-refractivity contribution is 0.102. The molecular weight excluding hydrogens is 259 g/mol. The van der Waals surface area contributed by atoms with Gasteiger partial charge in [-0.15, -0.1) is 0 Å². The third-order valence-electron chi connectivity index (χ3n) is 2.06. The zero-order valence-corrected chi connectivity index (χ0v) is 9.78. The van der Waals surface area contributed by atoms with E-state index >= 15 is 0 Å². The standard InChI is InChI=1S/C11H8ClFN4O/c12-6-1-2-7(13)8(3-6)17-11(18)9-4-15-5-10(14)16-9/h1-5H,(H2,14,16)(H,17,18). The van der Waals surface area contributed by atoms with Crippen LogP contribution in [0.15, 0.2) is 30.6 Å². The molecule has 0 saturated heterocycles. The maximum atomic E-state index is 13.4. The molecule has 1 aromatic carbocycles. The summed E-state index contributed by atoms with van der Waals surface area (Å²) in [6.07, 6.45) is 2.53. The van der Waals surface area contributed by atoms with Crippen molar-refractivity contribution in [2.75, 3.05) is 11.1 Å². The first-order chi connectivity index (χ1) is 8.56. The first-order valence-corrected chi connectivity index (χ1v) is 5.28. The Morgan fingerprint density at radius 3 is 2.89 bits per heavy atom. The van der Waals surface area contributed by atoms with Crippen LogP contribution in [-0.2, 0) is 0 Å². The van der Waals surface area contributed by atoms with Gasteiger partial charge in [-0.2, -0.15) is 0 Å². The molecule has 7 heteroatoms. The number of halogens is 2. The zero-order chi connectivity index (χ0) is 13.1. The molecule has 0 aliphatic heterocycles. The van der Waals surface area contributed by atoms with Gasteiger partial charge in [-0.3, -0.25) is 9.78 Å². The quantitative estimate of drug-likeness (QED) is 0.872. The predicted molar refractivity (Wildman–Crippen MR) is 65.8 cm³/mol. The number of amides is 1. The van der Waals surface area contributed by atoms with Crippen LogP contribution in [-0.4, -0.2) is 15.9 Å². The summed E-state index contributed by atoms with van der Waals surface area (Å²) in [4.78, 5) is 19.2. The van der Waals surface area contributed by atoms with E-state index in [0.717, 1.165) is 6.07 Å². The summed E-state index contributed by atoms with van der Waals surface area (Å²) < 4.78 is 13.4. The van der Waals surface area contributed by atoms with Crippen molar-refractivity contribution in [3.05, 3.63) is 47.1 Å². The Labute approximate surface area is 107 Å². The number of nitrogen functional groups attached to an aromatic ring is 1. The molecule has 1 aromatic heterocycles. The number of nitrogens with two attached hydrogens (primary N) is 1. The molecule has 0 spiro atoms. The highest BCUT2D eigenvalue weighted by Crippen LogP contribution is 2.19. The monoisotopic (exact) mass is 266 g/mol. The van der Waals surface area contributed by atoms with E-state index in [2.05, 4.69) is 15.3 Å². The maximum absolute atomic E-state index is 13.4. The van der Waals surface area contributed by atoms with Crippen LogP contribution in [0.4, 0.5) is 15.9 Å². The first kappa shape index (κ1) is 12.3. The lowest BCUT2D eigenvalue weighted by Crippen LogP contribution is -2.15. The number of carbonyl (C=O) groups excluding carboxylic acids is 1. The second kappa shape index (κ2) is 4.97. The van der Waals surface area contributed by atoms with Gasteiger partial charge >= 0.3 is 0 Å². The minimum absolute atomic E-state index is 0.00521. The second-order valence-electron chi connectivity index (χ2n) is 3.41. The SMILES string of the molecule is Nc1cncc(C(=O)Nc2cc(Cl)ccc2F)n1. The molecule has 1 heterocycles. The van der Waals surface area contributed by atoms with Crippen LogP contribution >= 0.6 is 11.6 Å². The van der Waals surface area contributed by atoms with E-state index in [1.54, 1.807) is 0 Å². The van der Waals surface area contributed by atoms with E-state index in [9.17, 15) is 9.18 Å². The topological polar surface area (TPSA) is 80.9 Å². The Hall–Kier alpha value is -2.21. The minimum atomic E-state index is -0.615. The zero-order valence-electron chi connectivity index (χ0n) is 9.02. The van der Waals surface area contributed by atoms with E-state index in [1.807, 2.05) is 0 Å². The maximum Gasteiger partial charge on any atom is 0.276 e. The average molecular weight is 267 g/mol. The summed E-state index contributed by atoms with van der Waals surface area (Å²) in [6.45, 7) is 0. The number of nitrogens with zero attached hydrogens (tertiary/aromatic N) is 2. The molecule has 2 aromatic rings. The van der Waals surface area contributed by atoms with Crippen LogP contribution in [0.25, 0.3) is 0 Å². The van der Waals surface area contributed by atoms with Gasteiger partial charge in [0.15, 0.2) is 0 Å². The summed E-state index contributed by atoms with van der Waals surface area (Å²) in [6, 6.07) is 3.84. The van der Waals surface area contributed by atoms with Gasteiger partial charge in [-0.05, 0) is 18.2 Å². The van der Waals surface area contributed by atoms with Gasteiger partial charge in [0.2, 0.25) is 0 Å². The Morgan fingerprint density at radius 1 is 1.39 bits per heavy atom. The molecule has 0 saturated carbocycles. The number of carbonyl (C=O) groups is 1. The first-order valence-electron chi connectivity index (χ1n) is 4.90. The molecule has 0 radical (unpaired) electrons. The van der Waals surface area contributed by atoms with Crippen molar-refractivity contribution in [2.45, 2.75) is 0 Å². The summed E-state index contributed by atoms with van der Waals surface area (Å²) >= 11 is 5.71. The van der Waals surface area contributed by atoms with Crippen molar-refractivity contribution in [3.8, 4) is 0 Å². The van der Waals surface area contributed by atoms with E-state index < -0.39 is 11.7 Å². The van der Waals surface area contributed by atoms with Gasteiger partial charge in [0.05, 0.1) is 18.1 Å². The van der Waals surface area contributed by atoms with E-state index in [-0.39, 0.29) is 17.2 Å². The van der Waals surface area contributed by atoms with Crippen molar-refractivity contribution >= 4 is 29.0 Å². The highest BCUT2D eigenvalue weighted by atomic mass is 35.5. The molecule has 0 aliphatic carbocycles. The molecule has 0 unspecified atom stereocenters. The van der Waals surface area contributed by atoms with Crippen LogP contribution in [0, 0.1) is 5.82 Å². The van der Waals surface area contributed by atoms with Crippen LogP contribution in [0.1, 0.15) is 10.5 Å². The largest absolute Gasteiger partial charge is 0.382 e. The van der Waals surface area contributed by atoms with Gasteiger partial charge in [0.25, 0.3) is 5.91 Å². The van der Waals surface area contributed by atoms with E-state index in [1.165, 1.54) is 24.5 Å². The normalized spacial score (nSPS) is 10.1. The Morgan fingerprint density at radius 2 is 2.17 bits per heavy atom. The number of nitrogens with one attached hydrogen (secondary N) is 1. The van der Waals surface area contributed by atoms with Crippen LogP contribution in [0.5, 0.6) is 0 Å². The lowest BCUT2D eigenvalue weighted by Gasteiger charge is -2.06. The molecule has 2 rings (SSSR count). The predicted octanol–water partition coefficient (Wildman–Crippen LogP) is 2.10. The van der Waals surface area contributed by atoms with Crippen molar-refractivity contribution in [1.82, 2.24) is 9.97 Å². The Balaban J connectivity index is 2.24. The summed E-state index contributed by atoms with van der Waals surface area (Å²) in [5, 5.41) is 2.65. The Bertz CT molecular complexity index is 605. The summed E-state index contributed by atoms with van der Waals surface area (Å²) in [5.41, 5.74) is 5.36. The third-order valence-corrected chi connectivity index (χ3v) is 2.30. The number of aromatic nitrogens is 2. The van der Waals surface area contributed by atoms with Crippen molar-refractivity contribution in [1.29, 1.82) is 0 Å². The molecule has 5 nitrogen and oxygen atoms in total. The number of benzene rings is 1. The molecule has 18 heavy (non-hydrogen) atoms. The molecule has 0 bridgehead atoms. The number of hydrogen-bond acceptors (Lipinski definition) is 4. The van der Waals surface area contributed by atoms with Crippen LogP contribution < -0.4 is 11.1 Å². The van der Waals surface area contributed by atoms with Crippen molar-refractivity contribution < 1.29 is 9.18 Å². The summed E-state index contributed by atoms with van der Waals surface area (Å²) in [7, 11) is 0. The van der Waals surface area contributed by atoms with Crippen molar-refractivity contribution in [2.24, 2.45) is 0 Å². The molecule has 0 aliphatic rings. The van der Waals surface area contributed by atoms with E-state index in [0.29, 0.717) is 5.02 Å². The van der Waals surface area contributed by atoms with Gasteiger partial charge in [0, 0.05) is 5.02 Å². The van der Waals surface area contributed by atoms with E-state index in [4.69, 9.17) is 17.3 Å². The molecule has 92 valence electrons. The molecular formula is C11H8ClFN4O. The van der Waals surface area contributed by atoms with Crippen molar-refractivity contribution in [3.63, 3.8) is 0 Å². The smallest absolute Gasteiger partial charge is 0.276 e. The number of rotatable bonds is 2. The van der Waals surface area contributed by atoms with Crippen LogP contribution in [0.3, 0.4) is 0 Å². The Kier molecular flexibility index (Phi) is 3.38. The minimum Gasteiger partial charge on any atom is -0.382 e. The van der Waals surface area contributed by atoms with Crippen LogP contribution in [0.2, 0.25) is 5.02 Å².